The fraction of sp³-hybridized carbons (Fsp3) is 0.500. The predicted octanol–water partition coefficient (Wildman–Crippen LogP) is 1.89. The maximum Gasteiger partial charge on any atom is 0.330 e. The number of benzene rings is 1. The number of nitrogens with zero attached hydrogens (tertiary/aromatic N) is 1. The molecule has 22 heavy (non-hydrogen) atoms. The number of aliphatic carboxylic acids is 1. The van der Waals surface area contributed by atoms with Crippen molar-refractivity contribution in [3.8, 4) is 0 Å². The number of nitrogens with one attached hydrogen (secondary N) is 1. The SMILES string of the molecule is CC1(C)CCCN1C(=O)NC(C(=O)O)c1ccc(CO)cc1. The number of carbonyl (C=O) groups excluding carboxylic acids is 1. The fourth-order valence-electron chi connectivity index (χ4n) is 2.79. The Labute approximate surface area is 129 Å². The van der Waals surface area contributed by atoms with Gasteiger partial charge in [-0.25, -0.2) is 9.59 Å². The van der Waals surface area contributed by atoms with Gasteiger partial charge >= 0.3 is 12.0 Å². The number of carboxylic acid groups (broad SMARTS) is 1. The van der Waals surface area contributed by atoms with E-state index >= 15 is 0 Å². The van der Waals surface area contributed by atoms with E-state index in [1.807, 2.05) is 13.8 Å². The largest absolute Gasteiger partial charge is 0.479 e. The van der Waals surface area contributed by atoms with Crippen LogP contribution < -0.4 is 5.32 Å². The maximum atomic E-state index is 12.4. The van der Waals surface area contributed by atoms with Crippen molar-refractivity contribution in [3.63, 3.8) is 0 Å². The minimum absolute atomic E-state index is 0.105. The Bertz CT molecular complexity index is 554. The second kappa shape index (κ2) is 6.36. The lowest BCUT2D eigenvalue weighted by molar-refractivity contribution is -0.139. The fourth-order valence-corrected chi connectivity index (χ4v) is 2.79. The molecule has 0 spiro atoms. The summed E-state index contributed by atoms with van der Waals surface area (Å²) in [5, 5.41) is 21.0. The Morgan fingerprint density at radius 1 is 1.32 bits per heavy atom. The Kier molecular flexibility index (Phi) is 4.71. The van der Waals surface area contributed by atoms with Crippen LogP contribution in [0.25, 0.3) is 0 Å². The standard InChI is InChI=1S/C16H22N2O4/c1-16(2)8-3-9-18(16)15(22)17-13(14(20)21)12-6-4-11(10-19)5-7-12/h4-7,13,19H,3,8-10H2,1-2H3,(H,17,22)(H,20,21). The van der Waals surface area contributed by atoms with Gasteiger partial charge in [-0.1, -0.05) is 24.3 Å². The van der Waals surface area contributed by atoms with Crippen molar-refractivity contribution in [1.29, 1.82) is 0 Å². The smallest absolute Gasteiger partial charge is 0.330 e. The average Bonchev–Trinajstić information content (AvgIpc) is 2.84. The van der Waals surface area contributed by atoms with Gasteiger partial charge in [0.15, 0.2) is 6.04 Å². The first-order valence-corrected chi connectivity index (χ1v) is 7.36. The van der Waals surface area contributed by atoms with Crippen LogP contribution in [0.5, 0.6) is 0 Å². The monoisotopic (exact) mass is 306 g/mol. The first-order valence-electron chi connectivity index (χ1n) is 7.36. The highest BCUT2D eigenvalue weighted by Crippen LogP contribution is 2.28. The molecule has 1 aromatic carbocycles. The third-order valence-corrected chi connectivity index (χ3v) is 4.16. The number of aliphatic hydroxyl groups is 1. The number of carboxylic acids is 1. The van der Waals surface area contributed by atoms with Gasteiger partial charge in [-0.05, 0) is 37.8 Å². The van der Waals surface area contributed by atoms with Crippen LogP contribution in [-0.2, 0) is 11.4 Å². The van der Waals surface area contributed by atoms with Gasteiger partial charge in [0.1, 0.15) is 0 Å². The van der Waals surface area contributed by atoms with Crippen LogP contribution in [0, 0.1) is 0 Å². The van der Waals surface area contributed by atoms with E-state index in [0.717, 1.165) is 12.8 Å². The van der Waals surface area contributed by atoms with E-state index in [9.17, 15) is 14.7 Å². The number of aliphatic hydroxyl groups excluding tert-OH is 1. The summed E-state index contributed by atoms with van der Waals surface area (Å²) < 4.78 is 0. The van der Waals surface area contributed by atoms with Gasteiger partial charge in [-0.2, -0.15) is 0 Å². The van der Waals surface area contributed by atoms with Crippen molar-refractivity contribution in [1.82, 2.24) is 10.2 Å². The van der Waals surface area contributed by atoms with Gasteiger partial charge in [-0.15, -0.1) is 0 Å². The molecule has 2 amide bonds. The zero-order valence-electron chi connectivity index (χ0n) is 12.9. The van der Waals surface area contributed by atoms with Gasteiger partial charge in [0.25, 0.3) is 0 Å². The molecule has 2 rings (SSSR count). The molecule has 3 N–H and O–H groups in total. The molecule has 1 aliphatic heterocycles. The Morgan fingerprint density at radius 2 is 1.95 bits per heavy atom. The first kappa shape index (κ1) is 16.3. The van der Waals surface area contributed by atoms with Crippen molar-refractivity contribution in [3.05, 3.63) is 35.4 Å². The van der Waals surface area contributed by atoms with Crippen LogP contribution in [0.15, 0.2) is 24.3 Å². The van der Waals surface area contributed by atoms with E-state index in [4.69, 9.17) is 5.11 Å². The Morgan fingerprint density at radius 3 is 2.41 bits per heavy atom. The Hall–Kier alpha value is -2.08. The highest BCUT2D eigenvalue weighted by atomic mass is 16.4. The molecule has 1 aromatic rings. The van der Waals surface area contributed by atoms with E-state index < -0.39 is 12.0 Å². The summed E-state index contributed by atoms with van der Waals surface area (Å²) in [4.78, 5) is 25.6. The van der Waals surface area contributed by atoms with Crippen molar-refractivity contribution in [2.24, 2.45) is 0 Å². The lowest BCUT2D eigenvalue weighted by Crippen LogP contribution is -2.49. The maximum absolute atomic E-state index is 12.4. The van der Waals surface area contributed by atoms with Gasteiger partial charge in [0.2, 0.25) is 0 Å². The molecule has 120 valence electrons. The minimum atomic E-state index is -1.11. The number of hydrogen-bond acceptors (Lipinski definition) is 3. The molecule has 6 nitrogen and oxygen atoms in total. The topological polar surface area (TPSA) is 89.9 Å². The van der Waals surface area contributed by atoms with E-state index in [0.29, 0.717) is 17.7 Å². The lowest BCUT2D eigenvalue weighted by Gasteiger charge is -2.32. The number of carbonyl (C=O) groups is 2. The normalized spacial score (nSPS) is 18.0. The minimum Gasteiger partial charge on any atom is -0.479 e. The lowest BCUT2D eigenvalue weighted by atomic mass is 10.0. The second-order valence-corrected chi connectivity index (χ2v) is 6.19. The summed E-state index contributed by atoms with van der Waals surface area (Å²) in [7, 11) is 0. The zero-order valence-corrected chi connectivity index (χ0v) is 12.9. The van der Waals surface area contributed by atoms with Crippen molar-refractivity contribution < 1.29 is 19.8 Å². The van der Waals surface area contributed by atoms with Crippen molar-refractivity contribution in [2.45, 2.75) is 44.9 Å². The molecule has 0 aromatic heterocycles. The second-order valence-electron chi connectivity index (χ2n) is 6.19. The number of hydrogen-bond donors (Lipinski definition) is 3. The quantitative estimate of drug-likeness (QED) is 0.792. The number of amides is 2. The summed E-state index contributed by atoms with van der Waals surface area (Å²) in [5.41, 5.74) is 0.920. The van der Waals surface area contributed by atoms with Crippen LogP contribution in [0.1, 0.15) is 43.9 Å². The average molecular weight is 306 g/mol. The van der Waals surface area contributed by atoms with E-state index in [-0.39, 0.29) is 18.2 Å². The molecule has 1 atom stereocenters. The predicted molar refractivity (Wildman–Crippen MR) is 81.3 cm³/mol. The van der Waals surface area contributed by atoms with Crippen LogP contribution in [0.2, 0.25) is 0 Å². The number of rotatable bonds is 4. The highest BCUT2D eigenvalue weighted by Gasteiger charge is 2.37. The number of likely N-dealkylation sites (tertiary alicyclic amines) is 1. The molecule has 1 unspecified atom stereocenters. The van der Waals surface area contributed by atoms with Gasteiger partial charge in [0, 0.05) is 12.1 Å². The molecule has 1 fully saturated rings. The summed E-state index contributed by atoms with van der Waals surface area (Å²) in [6, 6.07) is 5.06. The summed E-state index contributed by atoms with van der Waals surface area (Å²) in [5.74, 6) is -1.11. The van der Waals surface area contributed by atoms with Gasteiger partial charge < -0.3 is 20.4 Å². The summed E-state index contributed by atoms with van der Waals surface area (Å²) in [6.07, 6.45) is 1.83. The number of urea groups is 1. The van der Waals surface area contributed by atoms with Gasteiger partial charge in [0.05, 0.1) is 6.61 Å². The van der Waals surface area contributed by atoms with Crippen LogP contribution >= 0.6 is 0 Å². The molecule has 1 heterocycles. The third kappa shape index (κ3) is 3.39. The highest BCUT2D eigenvalue weighted by molar-refractivity contribution is 5.84. The van der Waals surface area contributed by atoms with Crippen molar-refractivity contribution in [2.75, 3.05) is 6.54 Å². The third-order valence-electron chi connectivity index (χ3n) is 4.16. The zero-order chi connectivity index (χ0) is 16.3. The van der Waals surface area contributed by atoms with Crippen LogP contribution in [0.3, 0.4) is 0 Å². The Balaban J connectivity index is 2.15. The molecule has 1 saturated heterocycles. The van der Waals surface area contributed by atoms with E-state index in [1.165, 1.54) is 0 Å². The molecule has 0 bridgehead atoms. The van der Waals surface area contributed by atoms with E-state index in [1.54, 1.807) is 29.2 Å². The summed E-state index contributed by atoms with van der Waals surface area (Å²) >= 11 is 0. The molecule has 0 aliphatic carbocycles. The van der Waals surface area contributed by atoms with Crippen LogP contribution in [0.4, 0.5) is 4.79 Å². The molecular formula is C16H22N2O4. The molecule has 0 saturated carbocycles. The van der Waals surface area contributed by atoms with Gasteiger partial charge in [-0.3, -0.25) is 0 Å². The van der Waals surface area contributed by atoms with Crippen LogP contribution in [-0.4, -0.2) is 39.2 Å². The molecule has 0 radical (unpaired) electrons. The van der Waals surface area contributed by atoms with Crippen molar-refractivity contribution >= 4 is 12.0 Å². The molecule has 1 aliphatic rings. The van der Waals surface area contributed by atoms with E-state index in [2.05, 4.69) is 5.32 Å². The molecular weight excluding hydrogens is 284 g/mol. The summed E-state index contributed by atoms with van der Waals surface area (Å²) in [6.45, 7) is 4.48. The molecule has 6 heteroatoms. The first-order chi connectivity index (χ1) is 10.3.